The number of ether oxygens (including phenoxy) is 1. The van der Waals surface area contributed by atoms with Gasteiger partial charge in [0.05, 0.1) is 4.88 Å². The largest absolute Gasteiger partial charge is 0.488 e. The average molecular weight is 391 g/mol. The highest BCUT2D eigenvalue weighted by atomic mass is 79.9. The summed E-state index contributed by atoms with van der Waals surface area (Å²) in [6.45, 7) is 1.20. The van der Waals surface area contributed by atoms with Gasteiger partial charge in [-0.25, -0.2) is 0 Å². The molecule has 0 saturated carbocycles. The standard InChI is InChI=1S/C13H13Br2NOS/c14-10-1-2-12(9(7-10)3-5-16)17-8-13-11(15)4-6-18-13/h1-2,4,6-7H,3,5,8,16H2. The lowest BCUT2D eigenvalue weighted by Crippen LogP contribution is -2.05. The predicted molar refractivity (Wildman–Crippen MR) is 83.3 cm³/mol. The van der Waals surface area contributed by atoms with Crippen molar-refractivity contribution in [2.45, 2.75) is 13.0 Å². The number of hydrogen-bond donors (Lipinski definition) is 1. The van der Waals surface area contributed by atoms with Crippen LogP contribution in [0.3, 0.4) is 0 Å². The molecule has 0 atom stereocenters. The van der Waals surface area contributed by atoms with E-state index in [4.69, 9.17) is 10.5 Å². The SMILES string of the molecule is NCCc1cc(Br)ccc1OCc1sccc1Br. The smallest absolute Gasteiger partial charge is 0.124 e. The van der Waals surface area contributed by atoms with Crippen molar-refractivity contribution in [1.29, 1.82) is 0 Å². The third-order valence-corrected chi connectivity index (χ3v) is 4.88. The summed E-state index contributed by atoms with van der Waals surface area (Å²) < 4.78 is 8.03. The van der Waals surface area contributed by atoms with Crippen LogP contribution < -0.4 is 10.5 Å². The maximum Gasteiger partial charge on any atom is 0.124 e. The highest BCUT2D eigenvalue weighted by Gasteiger charge is 2.07. The van der Waals surface area contributed by atoms with Crippen molar-refractivity contribution >= 4 is 43.2 Å². The molecule has 1 aromatic carbocycles. The first-order valence-corrected chi connectivity index (χ1v) is 8.00. The van der Waals surface area contributed by atoms with Crippen LogP contribution >= 0.6 is 43.2 Å². The molecule has 2 rings (SSSR count). The van der Waals surface area contributed by atoms with Gasteiger partial charge in [0.15, 0.2) is 0 Å². The van der Waals surface area contributed by atoms with Crippen molar-refractivity contribution in [3.05, 3.63) is 49.0 Å². The molecule has 0 unspecified atom stereocenters. The Balaban J connectivity index is 2.11. The normalized spacial score (nSPS) is 10.6. The second-order valence-electron chi connectivity index (χ2n) is 3.77. The van der Waals surface area contributed by atoms with E-state index in [2.05, 4.69) is 37.9 Å². The summed E-state index contributed by atoms with van der Waals surface area (Å²) in [7, 11) is 0. The van der Waals surface area contributed by atoms with Gasteiger partial charge in [0.25, 0.3) is 0 Å². The van der Waals surface area contributed by atoms with E-state index >= 15 is 0 Å². The van der Waals surface area contributed by atoms with E-state index in [1.807, 2.05) is 23.6 Å². The molecule has 0 amide bonds. The summed E-state index contributed by atoms with van der Waals surface area (Å²) in [6, 6.07) is 8.06. The number of halogens is 2. The Bertz CT molecular complexity index is 527. The molecule has 2 nitrogen and oxygen atoms in total. The van der Waals surface area contributed by atoms with Gasteiger partial charge in [-0.15, -0.1) is 11.3 Å². The number of thiophene rings is 1. The van der Waals surface area contributed by atoms with Crippen LogP contribution in [0.15, 0.2) is 38.6 Å². The second-order valence-corrected chi connectivity index (χ2v) is 6.54. The maximum absolute atomic E-state index is 5.87. The first-order chi connectivity index (χ1) is 8.70. The van der Waals surface area contributed by atoms with Gasteiger partial charge in [-0.3, -0.25) is 0 Å². The van der Waals surface area contributed by atoms with Crippen LogP contribution in [-0.2, 0) is 13.0 Å². The van der Waals surface area contributed by atoms with E-state index in [-0.39, 0.29) is 0 Å². The molecule has 5 heteroatoms. The second kappa shape index (κ2) is 6.70. The number of rotatable bonds is 5. The first kappa shape index (κ1) is 14.1. The van der Waals surface area contributed by atoms with Gasteiger partial charge in [0.1, 0.15) is 12.4 Å². The lowest BCUT2D eigenvalue weighted by molar-refractivity contribution is 0.306. The molecule has 0 radical (unpaired) electrons. The van der Waals surface area contributed by atoms with Gasteiger partial charge in [0, 0.05) is 8.95 Å². The lowest BCUT2D eigenvalue weighted by atomic mass is 10.1. The van der Waals surface area contributed by atoms with E-state index in [0.717, 1.165) is 26.7 Å². The lowest BCUT2D eigenvalue weighted by Gasteiger charge is -2.11. The van der Waals surface area contributed by atoms with Crippen LogP contribution in [0.2, 0.25) is 0 Å². The van der Waals surface area contributed by atoms with Crippen LogP contribution in [0.4, 0.5) is 0 Å². The minimum atomic E-state index is 0.581. The Morgan fingerprint density at radius 2 is 2.06 bits per heavy atom. The molecule has 2 aromatic rings. The number of hydrogen-bond acceptors (Lipinski definition) is 3. The average Bonchev–Trinajstić information content (AvgIpc) is 2.74. The molecule has 0 saturated heterocycles. The Morgan fingerprint density at radius 1 is 1.22 bits per heavy atom. The number of benzene rings is 1. The summed E-state index contributed by atoms with van der Waals surface area (Å²) in [5.41, 5.74) is 6.76. The molecule has 18 heavy (non-hydrogen) atoms. The van der Waals surface area contributed by atoms with E-state index in [1.54, 1.807) is 11.3 Å². The van der Waals surface area contributed by atoms with Crippen LogP contribution in [-0.4, -0.2) is 6.54 Å². The quantitative estimate of drug-likeness (QED) is 0.823. The maximum atomic E-state index is 5.87. The molecule has 0 aliphatic carbocycles. The van der Waals surface area contributed by atoms with Crippen LogP contribution in [0.25, 0.3) is 0 Å². The van der Waals surface area contributed by atoms with Gasteiger partial charge in [0.2, 0.25) is 0 Å². The minimum Gasteiger partial charge on any atom is -0.488 e. The van der Waals surface area contributed by atoms with E-state index in [1.165, 1.54) is 4.88 Å². The van der Waals surface area contributed by atoms with Crippen LogP contribution in [0, 0.1) is 0 Å². The fourth-order valence-corrected chi connectivity index (χ4v) is 3.40. The highest BCUT2D eigenvalue weighted by molar-refractivity contribution is 9.10. The molecule has 0 bridgehead atoms. The zero-order chi connectivity index (χ0) is 13.0. The van der Waals surface area contributed by atoms with E-state index in [9.17, 15) is 0 Å². The molecule has 0 aliphatic rings. The van der Waals surface area contributed by atoms with Gasteiger partial charge in [-0.1, -0.05) is 15.9 Å². The van der Waals surface area contributed by atoms with E-state index in [0.29, 0.717) is 13.2 Å². The van der Waals surface area contributed by atoms with Crippen LogP contribution in [0.1, 0.15) is 10.4 Å². The molecule has 0 fully saturated rings. The first-order valence-electron chi connectivity index (χ1n) is 5.54. The molecule has 0 aliphatic heterocycles. The summed E-state index contributed by atoms with van der Waals surface area (Å²) >= 11 is 8.65. The third kappa shape index (κ3) is 3.57. The van der Waals surface area contributed by atoms with Crippen molar-refractivity contribution in [2.75, 3.05) is 6.54 Å². The Morgan fingerprint density at radius 3 is 2.72 bits per heavy atom. The van der Waals surface area contributed by atoms with Crippen molar-refractivity contribution in [2.24, 2.45) is 5.73 Å². The Labute approximate surface area is 127 Å². The Kier molecular flexibility index (Phi) is 5.24. The van der Waals surface area contributed by atoms with Gasteiger partial charge in [-0.05, 0) is 64.1 Å². The predicted octanol–water partition coefficient (Wildman–Crippen LogP) is 4.35. The Hall–Kier alpha value is -0.360. The molecular formula is C13H13Br2NOS. The molecule has 0 spiro atoms. The summed E-state index contributed by atoms with van der Waals surface area (Å²) in [6.07, 6.45) is 0.820. The molecule has 2 N–H and O–H groups in total. The van der Waals surface area contributed by atoms with Gasteiger partial charge < -0.3 is 10.5 Å². The fourth-order valence-electron chi connectivity index (χ4n) is 1.61. The third-order valence-electron chi connectivity index (χ3n) is 2.49. The van der Waals surface area contributed by atoms with Gasteiger partial charge in [-0.2, -0.15) is 0 Å². The summed E-state index contributed by atoms with van der Waals surface area (Å²) in [5.74, 6) is 0.906. The highest BCUT2D eigenvalue weighted by Crippen LogP contribution is 2.27. The van der Waals surface area contributed by atoms with E-state index < -0.39 is 0 Å². The zero-order valence-electron chi connectivity index (χ0n) is 9.66. The molecular weight excluding hydrogens is 378 g/mol. The van der Waals surface area contributed by atoms with Crippen molar-refractivity contribution in [3.8, 4) is 5.75 Å². The molecule has 96 valence electrons. The van der Waals surface area contributed by atoms with Crippen molar-refractivity contribution in [3.63, 3.8) is 0 Å². The topological polar surface area (TPSA) is 35.2 Å². The van der Waals surface area contributed by atoms with Gasteiger partial charge >= 0.3 is 0 Å². The number of nitrogens with two attached hydrogens (primary N) is 1. The molecule has 1 heterocycles. The summed E-state index contributed by atoms with van der Waals surface area (Å²) in [5, 5.41) is 2.05. The minimum absolute atomic E-state index is 0.581. The van der Waals surface area contributed by atoms with Crippen molar-refractivity contribution < 1.29 is 4.74 Å². The fraction of sp³-hybridized carbons (Fsp3) is 0.231. The van der Waals surface area contributed by atoms with Crippen molar-refractivity contribution in [1.82, 2.24) is 0 Å². The summed E-state index contributed by atoms with van der Waals surface area (Å²) in [4.78, 5) is 1.19. The zero-order valence-corrected chi connectivity index (χ0v) is 13.6. The monoisotopic (exact) mass is 389 g/mol. The molecule has 1 aromatic heterocycles. The van der Waals surface area contributed by atoms with Crippen LogP contribution in [0.5, 0.6) is 5.75 Å².